The molecule has 1 amide bonds. The van der Waals surface area contributed by atoms with Gasteiger partial charge in [-0.2, -0.15) is 5.10 Å². The molecule has 1 unspecified atom stereocenters. The normalized spacial score (nSPS) is 12.2. The fourth-order valence-electron chi connectivity index (χ4n) is 1.74. The van der Waals surface area contributed by atoms with Crippen LogP contribution in [0.1, 0.15) is 19.0 Å². The highest BCUT2D eigenvalue weighted by Gasteiger charge is 2.15. The molecule has 0 saturated carbocycles. The molecular formula is C14H16BrN3O. The molecular weight excluding hydrogens is 306 g/mol. The van der Waals surface area contributed by atoms with Crippen LogP contribution in [-0.4, -0.2) is 20.5 Å². The smallest absolute Gasteiger partial charge is 0.239 e. The van der Waals surface area contributed by atoms with Crippen molar-refractivity contribution in [2.24, 2.45) is 0 Å². The molecule has 4 nitrogen and oxygen atoms in total. The maximum Gasteiger partial charge on any atom is 0.239 e. The Morgan fingerprint density at radius 3 is 2.74 bits per heavy atom. The Labute approximate surface area is 120 Å². The fraction of sp³-hybridized carbons (Fsp3) is 0.286. The SMILES string of the molecule is CCC(Br)C(=O)Nc1cc(C)nn1-c1ccccc1. The highest BCUT2D eigenvalue weighted by atomic mass is 79.9. The Kier molecular flexibility index (Phi) is 4.37. The van der Waals surface area contributed by atoms with Crippen molar-refractivity contribution < 1.29 is 4.79 Å². The molecule has 0 fully saturated rings. The third-order valence-electron chi connectivity index (χ3n) is 2.73. The van der Waals surface area contributed by atoms with Crippen LogP contribution in [0, 0.1) is 6.92 Å². The molecule has 0 aliphatic heterocycles. The van der Waals surface area contributed by atoms with E-state index in [1.807, 2.05) is 50.2 Å². The van der Waals surface area contributed by atoms with E-state index in [1.54, 1.807) is 4.68 Å². The van der Waals surface area contributed by atoms with Gasteiger partial charge in [-0.05, 0) is 25.5 Å². The van der Waals surface area contributed by atoms with E-state index < -0.39 is 0 Å². The summed E-state index contributed by atoms with van der Waals surface area (Å²) >= 11 is 3.35. The fourth-order valence-corrected chi connectivity index (χ4v) is 1.86. The summed E-state index contributed by atoms with van der Waals surface area (Å²) in [5.41, 5.74) is 1.79. The first-order valence-corrected chi connectivity index (χ1v) is 7.10. The van der Waals surface area contributed by atoms with Crippen LogP contribution in [0.3, 0.4) is 0 Å². The third kappa shape index (κ3) is 3.23. The van der Waals surface area contributed by atoms with Crippen molar-refractivity contribution in [2.75, 3.05) is 5.32 Å². The molecule has 1 heterocycles. The van der Waals surface area contributed by atoms with Crippen LogP contribution in [0.25, 0.3) is 5.69 Å². The zero-order valence-electron chi connectivity index (χ0n) is 10.9. The van der Waals surface area contributed by atoms with Gasteiger partial charge in [0, 0.05) is 6.07 Å². The average Bonchev–Trinajstić information content (AvgIpc) is 2.79. The van der Waals surface area contributed by atoms with Crippen molar-refractivity contribution in [2.45, 2.75) is 25.1 Å². The number of halogens is 1. The van der Waals surface area contributed by atoms with Crippen molar-refractivity contribution >= 4 is 27.7 Å². The van der Waals surface area contributed by atoms with E-state index in [1.165, 1.54) is 0 Å². The van der Waals surface area contributed by atoms with Crippen molar-refractivity contribution in [3.8, 4) is 5.69 Å². The second-order valence-corrected chi connectivity index (χ2v) is 5.39. The monoisotopic (exact) mass is 321 g/mol. The third-order valence-corrected chi connectivity index (χ3v) is 3.79. The van der Waals surface area contributed by atoms with Gasteiger partial charge < -0.3 is 5.32 Å². The maximum absolute atomic E-state index is 11.9. The van der Waals surface area contributed by atoms with Gasteiger partial charge in [0.1, 0.15) is 5.82 Å². The number of hydrogen-bond acceptors (Lipinski definition) is 2. The van der Waals surface area contributed by atoms with E-state index in [2.05, 4.69) is 26.3 Å². The number of rotatable bonds is 4. The zero-order valence-corrected chi connectivity index (χ0v) is 12.5. The van der Waals surface area contributed by atoms with Gasteiger partial charge in [0.2, 0.25) is 5.91 Å². The molecule has 0 radical (unpaired) electrons. The number of para-hydroxylation sites is 1. The number of anilines is 1. The van der Waals surface area contributed by atoms with E-state index in [0.717, 1.165) is 17.8 Å². The molecule has 100 valence electrons. The number of alkyl halides is 1. The number of aromatic nitrogens is 2. The van der Waals surface area contributed by atoms with Gasteiger partial charge in [0.15, 0.2) is 0 Å². The Morgan fingerprint density at radius 2 is 2.11 bits per heavy atom. The van der Waals surface area contributed by atoms with Gasteiger partial charge >= 0.3 is 0 Å². The van der Waals surface area contributed by atoms with Crippen LogP contribution < -0.4 is 5.32 Å². The minimum atomic E-state index is -0.188. The van der Waals surface area contributed by atoms with Crippen LogP contribution >= 0.6 is 15.9 Å². The minimum absolute atomic E-state index is 0.0559. The number of benzene rings is 1. The van der Waals surface area contributed by atoms with Gasteiger partial charge in [-0.15, -0.1) is 0 Å². The van der Waals surface area contributed by atoms with E-state index >= 15 is 0 Å². The molecule has 1 aromatic heterocycles. The summed E-state index contributed by atoms with van der Waals surface area (Å²) in [5, 5.41) is 7.30. The van der Waals surface area contributed by atoms with Crippen molar-refractivity contribution in [3.05, 3.63) is 42.1 Å². The molecule has 19 heavy (non-hydrogen) atoms. The maximum atomic E-state index is 11.9. The lowest BCUT2D eigenvalue weighted by Crippen LogP contribution is -2.23. The summed E-state index contributed by atoms with van der Waals surface area (Å²) < 4.78 is 1.74. The summed E-state index contributed by atoms with van der Waals surface area (Å²) in [6.07, 6.45) is 0.740. The van der Waals surface area contributed by atoms with E-state index in [4.69, 9.17) is 0 Å². The molecule has 2 rings (SSSR count). The van der Waals surface area contributed by atoms with Gasteiger partial charge in [-0.1, -0.05) is 41.1 Å². The lowest BCUT2D eigenvalue weighted by Gasteiger charge is -2.10. The molecule has 1 N–H and O–H groups in total. The molecule has 0 saturated heterocycles. The van der Waals surface area contributed by atoms with Gasteiger partial charge in [0.05, 0.1) is 16.2 Å². The number of nitrogens with zero attached hydrogens (tertiary/aromatic N) is 2. The average molecular weight is 322 g/mol. The Bertz CT molecular complexity index is 565. The predicted octanol–water partition coefficient (Wildman–Crippen LogP) is 3.29. The number of aryl methyl sites for hydroxylation is 1. The van der Waals surface area contributed by atoms with Crippen molar-refractivity contribution in [3.63, 3.8) is 0 Å². The largest absolute Gasteiger partial charge is 0.310 e. The second-order valence-electron chi connectivity index (χ2n) is 4.28. The highest BCUT2D eigenvalue weighted by Crippen LogP contribution is 2.18. The van der Waals surface area contributed by atoms with Crippen LogP contribution in [-0.2, 0) is 4.79 Å². The quantitative estimate of drug-likeness (QED) is 0.878. The molecule has 0 spiro atoms. The molecule has 5 heteroatoms. The molecule has 0 aliphatic carbocycles. The number of amides is 1. The predicted molar refractivity (Wildman–Crippen MR) is 79.9 cm³/mol. The van der Waals surface area contributed by atoms with Crippen LogP contribution in [0.4, 0.5) is 5.82 Å². The molecule has 1 aromatic carbocycles. The van der Waals surface area contributed by atoms with Crippen LogP contribution in [0.2, 0.25) is 0 Å². The second kappa shape index (κ2) is 6.02. The van der Waals surface area contributed by atoms with E-state index in [0.29, 0.717) is 5.82 Å². The summed E-state index contributed by atoms with van der Waals surface area (Å²) in [5.74, 6) is 0.631. The Hall–Kier alpha value is -1.62. The first kappa shape index (κ1) is 13.8. The lowest BCUT2D eigenvalue weighted by atomic mass is 10.3. The molecule has 1 atom stereocenters. The Balaban J connectivity index is 2.29. The van der Waals surface area contributed by atoms with Crippen molar-refractivity contribution in [1.82, 2.24) is 9.78 Å². The number of nitrogens with one attached hydrogen (secondary N) is 1. The lowest BCUT2D eigenvalue weighted by molar-refractivity contribution is -0.115. The van der Waals surface area contributed by atoms with E-state index in [-0.39, 0.29) is 10.7 Å². The first-order chi connectivity index (χ1) is 9.11. The van der Waals surface area contributed by atoms with Gasteiger partial charge in [0.25, 0.3) is 0 Å². The Morgan fingerprint density at radius 1 is 1.42 bits per heavy atom. The summed E-state index contributed by atoms with van der Waals surface area (Å²) in [6.45, 7) is 3.86. The number of hydrogen-bond donors (Lipinski definition) is 1. The molecule has 2 aromatic rings. The number of carbonyl (C=O) groups is 1. The summed E-state index contributed by atoms with van der Waals surface area (Å²) in [4.78, 5) is 11.7. The molecule has 0 bridgehead atoms. The standard InChI is InChI=1S/C14H16BrN3O/c1-3-12(15)14(19)16-13-9-10(2)17-18(13)11-7-5-4-6-8-11/h4-9,12H,3H2,1-2H3,(H,16,19). The van der Waals surface area contributed by atoms with Crippen molar-refractivity contribution in [1.29, 1.82) is 0 Å². The van der Waals surface area contributed by atoms with Gasteiger partial charge in [-0.25, -0.2) is 4.68 Å². The zero-order chi connectivity index (χ0) is 13.8. The van der Waals surface area contributed by atoms with Crippen LogP contribution in [0.15, 0.2) is 36.4 Å². The number of carbonyl (C=O) groups excluding carboxylic acids is 1. The first-order valence-electron chi connectivity index (χ1n) is 6.19. The molecule has 0 aliphatic rings. The van der Waals surface area contributed by atoms with E-state index in [9.17, 15) is 4.79 Å². The topological polar surface area (TPSA) is 46.9 Å². The van der Waals surface area contributed by atoms with Gasteiger partial charge in [-0.3, -0.25) is 4.79 Å². The highest BCUT2D eigenvalue weighted by molar-refractivity contribution is 9.10. The summed E-state index contributed by atoms with van der Waals surface area (Å²) in [6, 6.07) is 11.6. The summed E-state index contributed by atoms with van der Waals surface area (Å²) in [7, 11) is 0. The minimum Gasteiger partial charge on any atom is -0.310 e. The van der Waals surface area contributed by atoms with Crippen LogP contribution in [0.5, 0.6) is 0 Å².